The summed E-state index contributed by atoms with van der Waals surface area (Å²) in [6, 6.07) is 9.85. The number of aromatic nitrogens is 5. The molecule has 9 heteroatoms. The minimum atomic E-state index is 0.110. The van der Waals surface area contributed by atoms with Crippen molar-refractivity contribution in [1.82, 2.24) is 24.8 Å². The van der Waals surface area contributed by atoms with E-state index in [1.165, 1.54) is 0 Å². The van der Waals surface area contributed by atoms with Crippen molar-refractivity contribution in [2.75, 3.05) is 19.0 Å². The number of aliphatic hydroxyl groups excluding tert-OH is 1. The number of aliphatic hydroxyl groups is 1. The highest BCUT2D eigenvalue weighted by Crippen LogP contribution is 2.58. The van der Waals surface area contributed by atoms with Crippen LogP contribution in [0.5, 0.6) is 0 Å². The van der Waals surface area contributed by atoms with E-state index in [2.05, 4.69) is 26.7 Å². The number of hydrogen-bond acceptors (Lipinski definition) is 8. The standard InChI is InChI=1S/C25H25N7OS/c1-27-19-11-20(21-3-2-17-10-16(12-26)13-29-32(17)21)28-14-18(19)22-30-31-23(34-22)25-7-4-24(15-33,5-8-25)6-9-25/h2-3,10-11,13-14,33H,4-9,15H2,1H3,(H,27,28). The molecular weight excluding hydrogens is 446 g/mol. The maximum absolute atomic E-state index is 9.85. The quantitative estimate of drug-likeness (QED) is 0.443. The molecule has 0 radical (unpaired) electrons. The predicted octanol–water partition coefficient (Wildman–Crippen LogP) is 4.41. The first-order chi connectivity index (χ1) is 16.6. The molecule has 2 bridgehead atoms. The van der Waals surface area contributed by atoms with Gasteiger partial charge in [0, 0.05) is 31.0 Å². The third-order valence-corrected chi connectivity index (χ3v) is 9.11. The van der Waals surface area contributed by atoms with Crippen molar-refractivity contribution >= 4 is 22.5 Å². The molecule has 0 spiro atoms. The second-order valence-corrected chi connectivity index (χ2v) is 10.6. The molecule has 3 aliphatic carbocycles. The fourth-order valence-corrected chi connectivity index (χ4v) is 6.74. The fraction of sp³-hybridized carbons (Fsp3) is 0.400. The van der Waals surface area contributed by atoms with Crippen LogP contribution in [0.4, 0.5) is 5.69 Å². The molecule has 0 saturated heterocycles. The van der Waals surface area contributed by atoms with E-state index in [-0.39, 0.29) is 10.8 Å². The Balaban J connectivity index is 1.33. The topological polar surface area (TPSA) is 112 Å². The summed E-state index contributed by atoms with van der Waals surface area (Å²) in [7, 11) is 1.90. The second-order valence-electron chi connectivity index (χ2n) is 9.63. The second kappa shape index (κ2) is 7.86. The Morgan fingerprint density at radius 3 is 2.62 bits per heavy atom. The van der Waals surface area contributed by atoms with Crippen molar-refractivity contribution in [1.29, 1.82) is 5.26 Å². The van der Waals surface area contributed by atoms with Crippen LogP contribution < -0.4 is 5.32 Å². The number of rotatable bonds is 5. The average Bonchev–Trinajstić information content (AvgIpc) is 3.57. The van der Waals surface area contributed by atoms with Crippen LogP contribution in [0.25, 0.3) is 27.5 Å². The highest BCUT2D eigenvalue weighted by molar-refractivity contribution is 7.14. The largest absolute Gasteiger partial charge is 0.396 e. The summed E-state index contributed by atoms with van der Waals surface area (Å²) in [5.41, 5.74) is 5.14. The van der Waals surface area contributed by atoms with E-state index in [0.717, 1.165) is 76.7 Å². The van der Waals surface area contributed by atoms with E-state index >= 15 is 0 Å². The number of anilines is 1. The van der Waals surface area contributed by atoms with Gasteiger partial charge in [-0.1, -0.05) is 11.3 Å². The van der Waals surface area contributed by atoms with E-state index in [0.29, 0.717) is 12.2 Å². The number of nitrogens with zero attached hydrogens (tertiary/aromatic N) is 6. The molecule has 4 aromatic heterocycles. The van der Waals surface area contributed by atoms with Gasteiger partial charge in [-0.2, -0.15) is 10.4 Å². The van der Waals surface area contributed by atoms with Crippen LogP contribution in [0.3, 0.4) is 0 Å². The predicted molar refractivity (Wildman–Crippen MR) is 130 cm³/mol. The third kappa shape index (κ3) is 3.21. The van der Waals surface area contributed by atoms with Crippen molar-refractivity contribution < 1.29 is 5.11 Å². The van der Waals surface area contributed by atoms with Crippen molar-refractivity contribution in [2.45, 2.75) is 43.9 Å². The lowest BCUT2D eigenvalue weighted by atomic mass is 9.54. The van der Waals surface area contributed by atoms with E-state index in [1.54, 1.807) is 22.0 Å². The maximum Gasteiger partial charge on any atom is 0.151 e. The Labute approximate surface area is 201 Å². The molecule has 8 nitrogen and oxygen atoms in total. The van der Waals surface area contributed by atoms with Crippen LogP contribution in [-0.2, 0) is 5.41 Å². The lowest BCUT2D eigenvalue weighted by Crippen LogP contribution is -2.45. The van der Waals surface area contributed by atoms with E-state index in [9.17, 15) is 5.11 Å². The summed E-state index contributed by atoms with van der Waals surface area (Å²) >= 11 is 1.67. The summed E-state index contributed by atoms with van der Waals surface area (Å²) in [4.78, 5) is 4.73. The van der Waals surface area contributed by atoms with Gasteiger partial charge in [-0.15, -0.1) is 10.2 Å². The van der Waals surface area contributed by atoms with Crippen molar-refractivity contribution in [3.8, 4) is 28.0 Å². The average molecular weight is 472 g/mol. The Morgan fingerprint density at radius 2 is 1.91 bits per heavy atom. The first-order valence-corrected chi connectivity index (χ1v) is 12.4. The summed E-state index contributed by atoms with van der Waals surface area (Å²) in [6.07, 6.45) is 9.89. The first kappa shape index (κ1) is 21.2. The van der Waals surface area contributed by atoms with Gasteiger partial charge in [-0.25, -0.2) is 4.52 Å². The summed E-state index contributed by atoms with van der Waals surface area (Å²) < 4.78 is 1.79. The van der Waals surface area contributed by atoms with Crippen LogP contribution in [-0.4, -0.2) is 43.6 Å². The number of nitrogens with one attached hydrogen (secondary N) is 1. The molecule has 3 aliphatic rings. The minimum absolute atomic E-state index is 0.110. The van der Waals surface area contributed by atoms with Gasteiger partial charge in [0.05, 0.1) is 34.2 Å². The van der Waals surface area contributed by atoms with Gasteiger partial charge < -0.3 is 10.4 Å². The molecule has 4 aromatic rings. The zero-order valence-electron chi connectivity index (χ0n) is 19.0. The van der Waals surface area contributed by atoms with Crippen molar-refractivity contribution in [3.05, 3.63) is 47.2 Å². The summed E-state index contributed by atoms with van der Waals surface area (Å²) in [5, 5.41) is 37.9. The SMILES string of the molecule is CNc1cc(-c2ccc3cc(C#N)cnn23)ncc1-c1nnc(C23CCC(CO)(CC2)CC3)s1. The Kier molecular flexibility index (Phi) is 4.90. The molecule has 34 heavy (non-hydrogen) atoms. The molecule has 0 amide bonds. The molecule has 0 aliphatic heterocycles. The molecule has 2 N–H and O–H groups in total. The molecule has 172 valence electrons. The van der Waals surface area contributed by atoms with Crippen LogP contribution >= 0.6 is 11.3 Å². The number of fused-ring (bicyclic) bond motifs is 4. The maximum atomic E-state index is 9.85. The highest BCUT2D eigenvalue weighted by atomic mass is 32.1. The molecule has 3 fully saturated rings. The molecule has 0 atom stereocenters. The van der Waals surface area contributed by atoms with Gasteiger partial charge in [-0.3, -0.25) is 4.98 Å². The third-order valence-electron chi connectivity index (χ3n) is 7.91. The van der Waals surface area contributed by atoms with E-state index in [1.807, 2.05) is 37.5 Å². The van der Waals surface area contributed by atoms with Crippen molar-refractivity contribution in [2.24, 2.45) is 5.41 Å². The molecule has 0 unspecified atom stereocenters. The molecule has 3 saturated carbocycles. The van der Waals surface area contributed by atoms with Crippen molar-refractivity contribution in [3.63, 3.8) is 0 Å². The van der Waals surface area contributed by atoms with Gasteiger partial charge >= 0.3 is 0 Å². The number of pyridine rings is 1. The van der Waals surface area contributed by atoms with Crippen LogP contribution in [0.1, 0.15) is 49.1 Å². The molecule has 7 rings (SSSR count). The summed E-state index contributed by atoms with van der Waals surface area (Å²) in [6.45, 7) is 0.306. The number of hydrogen-bond donors (Lipinski definition) is 2. The Hall–Kier alpha value is -3.35. The Morgan fingerprint density at radius 1 is 1.12 bits per heavy atom. The monoisotopic (exact) mass is 471 g/mol. The number of nitriles is 1. The fourth-order valence-electron chi connectivity index (χ4n) is 5.59. The smallest absolute Gasteiger partial charge is 0.151 e. The molecule has 0 aromatic carbocycles. The normalized spacial score (nSPS) is 23.8. The Bertz CT molecular complexity index is 1410. The van der Waals surface area contributed by atoms with Gasteiger partial charge in [-0.05, 0) is 68.2 Å². The zero-order chi connectivity index (χ0) is 23.3. The summed E-state index contributed by atoms with van der Waals surface area (Å²) in [5.74, 6) is 0. The lowest BCUT2D eigenvalue weighted by molar-refractivity contribution is -0.00713. The highest BCUT2D eigenvalue weighted by Gasteiger charge is 2.50. The van der Waals surface area contributed by atoms with Crippen LogP contribution in [0, 0.1) is 16.7 Å². The van der Waals surface area contributed by atoms with Crippen LogP contribution in [0.15, 0.2) is 36.7 Å². The van der Waals surface area contributed by atoms with Gasteiger partial charge in [0.25, 0.3) is 0 Å². The van der Waals surface area contributed by atoms with E-state index in [4.69, 9.17) is 10.2 Å². The molecular formula is C25H25N7OS. The minimum Gasteiger partial charge on any atom is -0.396 e. The van der Waals surface area contributed by atoms with Gasteiger partial charge in [0.15, 0.2) is 5.01 Å². The zero-order valence-corrected chi connectivity index (χ0v) is 19.8. The van der Waals surface area contributed by atoms with Gasteiger partial charge in [0.2, 0.25) is 0 Å². The van der Waals surface area contributed by atoms with Gasteiger partial charge in [0.1, 0.15) is 11.1 Å². The first-order valence-electron chi connectivity index (χ1n) is 11.6. The lowest BCUT2D eigenvalue weighted by Gasteiger charge is -2.51. The molecule has 4 heterocycles. The van der Waals surface area contributed by atoms with Crippen LogP contribution in [0.2, 0.25) is 0 Å². The van der Waals surface area contributed by atoms with E-state index < -0.39 is 0 Å².